The molecule has 0 unspecified atom stereocenters. The van der Waals surface area contributed by atoms with Crippen LogP contribution in [0.3, 0.4) is 0 Å². The minimum Gasteiger partial charge on any atom is -0.493 e. The van der Waals surface area contributed by atoms with Crippen molar-refractivity contribution in [1.29, 1.82) is 0 Å². The molecule has 2 aromatic rings. The molecular weight excluding hydrogens is 446 g/mol. The van der Waals surface area contributed by atoms with Crippen molar-refractivity contribution in [3.8, 4) is 17.5 Å². The maximum absolute atomic E-state index is 13.2. The Balaban J connectivity index is 1.35. The topological polar surface area (TPSA) is 81.2 Å². The van der Waals surface area contributed by atoms with Crippen LogP contribution in [-0.4, -0.2) is 73.6 Å². The van der Waals surface area contributed by atoms with E-state index >= 15 is 0 Å². The van der Waals surface area contributed by atoms with Crippen LogP contribution in [0.5, 0.6) is 17.5 Å². The van der Waals surface area contributed by atoms with Gasteiger partial charge in [-0.3, -0.25) is 9.59 Å². The molecule has 0 radical (unpaired) electrons. The Bertz CT molecular complexity index is 1090. The van der Waals surface area contributed by atoms with Crippen molar-refractivity contribution in [2.24, 2.45) is 5.41 Å². The number of benzene rings is 1. The molecule has 2 saturated heterocycles. The van der Waals surface area contributed by atoms with Crippen LogP contribution in [0, 0.1) is 5.41 Å². The minimum absolute atomic E-state index is 0.00567. The molecule has 8 nitrogen and oxygen atoms in total. The maximum Gasteiger partial charge on any atom is 0.259 e. The number of methoxy groups -OCH3 is 2. The molecule has 35 heavy (non-hydrogen) atoms. The summed E-state index contributed by atoms with van der Waals surface area (Å²) in [6.07, 6.45) is 6.14. The Hall–Kier alpha value is -3.55. The Labute approximate surface area is 206 Å². The van der Waals surface area contributed by atoms with Crippen LogP contribution < -0.4 is 14.2 Å². The zero-order valence-corrected chi connectivity index (χ0v) is 20.7. The molecule has 2 amide bonds. The van der Waals surface area contributed by atoms with Crippen molar-refractivity contribution in [2.45, 2.75) is 26.2 Å². The molecule has 0 saturated carbocycles. The molecule has 8 heteroatoms. The Kier molecular flexibility index (Phi) is 7.58. The summed E-state index contributed by atoms with van der Waals surface area (Å²) in [4.78, 5) is 34.0. The molecule has 4 rings (SSSR count). The number of carbonyl (C=O) groups is 2. The number of aromatic nitrogens is 1. The van der Waals surface area contributed by atoms with Gasteiger partial charge >= 0.3 is 0 Å². The summed E-state index contributed by atoms with van der Waals surface area (Å²) >= 11 is 0. The third kappa shape index (κ3) is 5.42. The fourth-order valence-electron chi connectivity index (χ4n) is 4.92. The highest BCUT2D eigenvalue weighted by Crippen LogP contribution is 2.41. The van der Waals surface area contributed by atoms with E-state index in [-0.39, 0.29) is 23.1 Å². The van der Waals surface area contributed by atoms with E-state index < -0.39 is 0 Å². The summed E-state index contributed by atoms with van der Waals surface area (Å²) in [6, 6.07) is 11.1. The lowest BCUT2D eigenvalue weighted by Gasteiger charge is -2.39. The van der Waals surface area contributed by atoms with Gasteiger partial charge in [-0.2, -0.15) is 4.98 Å². The van der Waals surface area contributed by atoms with E-state index in [1.54, 1.807) is 18.2 Å². The molecule has 0 N–H and O–H groups in total. The van der Waals surface area contributed by atoms with Gasteiger partial charge in [-0.15, -0.1) is 0 Å². The summed E-state index contributed by atoms with van der Waals surface area (Å²) in [5.74, 6) is 1.38. The van der Waals surface area contributed by atoms with Crippen LogP contribution >= 0.6 is 0 Å². The SMILES string of the molecule is CCOc1ccccc1/C=C/C(=O)N1CCC2(CC1)CCN(C(=O)c1ccc(OC)nc1OC)C2. The Morgan fingerprint density at radius 1 is 1.00 bits per heavy atom. The molecular formula is C27H33N3O5. The third-order valence-electron chi connectivity index (χ3n) is 6.95. The number of hydrogen-bond acceptors (Lipinski definition) is 6. The zero-order chi connectivity index (χ0) is 24.8. The number of para-hydroxylation sites is 1. The van der Waals surface area contributed by atoms with Crippen LogP contribution in [0.25, 0.3) is 6.08 Å². The molecule has 1 aromatic carbocycles. The van der Waals surface area contributed by atoms with Gasteiger partial charge in [-0.25, -0.2) is 0 Å². The van der Waals surface area contributed by atoms with Gasteiger partial charge in [0.1, 0.15) is 11.3 Å². The van der Waals surface area contributed by atoms with Crippen molar-refractivity contribution >= 4 is 17.9 Å². The van der Waals surface area contributed by atoms with Gasteiger partial charge in [0.15, 0.2) is 0 Å². The van der Waals surface area contributed by atoms with E-state index in [9.17, 15) is 9.59 Å². The van der Waals surface area contributed by atoms with Gasteiger partial charge in [0.25, 0.3) is 5.91 Å². The summed E-state index contributed by atoms with van der Waals surface area (Å²) in [7, 11) is 3.03. The predicted octanol–water partition coefficient (Wildman–Crippen LogP) is 3.67. The van der Waals surface area contributed by atoms with Gasteiger partial charge in [-0.1, -0.05) is 18.2 Å². The van der Waals surface area contributed by atoms with E-state index in [1.807, 2.05) is 47.1 Å². The summed E-state index contributed by atoms with van der Waals surface area (Å²) < 4.78 is 16.1. The van der Waals surface area contributed by atoms with E-state index in [1.165, 1.54) is 14.2 Å². The smallest absolute Gasteiger partial charge is 0.259 e. The molecule has 3 heterocycles. The van der Waals surface area contributed by atoms with E-state index in [0.29, 0.717) is 44.2 Å². The van der Waals surface area contributed by atoms with E-state index in [4.69, 9.17) is 14.2 Å². The number of nitrogens with zero attached hydrogens (tertiary/aromatic N) is 3. The first-order chi connectivity index (χ1) is 17.0. The number of hydrogen-bond donors (Lipinski definition) is 0. The van der Waals surface area contributed by atoms with Crippen molar-refractivity contribution in [3.05, 3.63) is 53.6 Å². The van der Waals surface area contributed by atoms with Crippen LogP contribution in [0.4, 0.5) is 0 Å². The largest absolute Gasteiger partial charge is 0.493 e. The number of rotatable bonds is 7. The van der Waals surface area contributed by atoms with E-state index in [0.717, 1.165) is 30.6 Å². The second-order valence-corrected chi connectivity index (χ2v) is 9.02. The number of carbonyl (C=O) groups excluding carboxylic acids is 2. The normalized spacial score (nSPS) is 17.1. The monoisotopic (exact) mass is 479 g/mol. The van der Waals surface area contributed by atoms with Gasteiger partial charge in [0.05, 0.1) is 20.8 Å². The van der Waals surface area contributed by atoms with Gasteiger partial charge < -0.3 is 24.0 Å². The number of piperidine rings is 1. The molecule has 0 atom stereocenters. The fourth-order valence-corrected chi connectivity index (χ4v) is 4.92. The third-order valence-corrected chi connectivity index (χ3v) is 6.95. The first-order valence-electron chi connectivity index (χ1n) is 12.1. The molecule has 2 fully saturated rings. The highest BCUT2D eigenvalue weighted by Gasteiger charge is 2.43. The number of ether oxygens (including phenoxy) is 3. The lowest BCUT2D eigenvalue weighted by atomic mass is 9.78. The van der Waals surface area contributed by atoms with Crippen LogP contribution in [0.15, 0.2) is 42.5 Å². The van der Waals surface area contributed by atoms with Gasteiger partial charge in [0.2, 0.25) is 17.7 Å². The lowest BCUT2D eigenvalue weighted by molar-refractivity contribution is -0.128. The quantitative estimate of drug-likeness (QED) is 0.564. The number of pyridine rings is 1. The first-order valence-corrected chi connectivity index (χ1v) is 12.1. The van der Waals surface area contributed by atoms with Crippen LogP contribution in [0.1, 0.15) is 42.1 Å². The summed E-state index contributed by atoms with van der Waals surface area (Å²) in [5.41, 5.74) is 1.38. The van der Waals surface area contributed by atoms with Gasteiger partial charge in [0, 0.05) is 43.9 Å². The number of likely N-dealkylation sites (tertiary alicyclic amines) is 2. The van der Waals surface area contributed by atoms with E-state index in [2.05, 4.69) is 4.98 Å². The second-order valence-electron chi connectivity index (χ2n) is 9.02. The molecule has 0 bridgehead atoms. The molecule has 2 aliphatic rings. The van der Waals surface area contributed by atoms with Crippen LogP contribution in [-0.2, 0) is 4.79 Å². The van der Waals surface area contributed by atoms with Crippen LogP contribution in [0.2, 0.25) is 0 Å². The van der Waals surface area contributed by atoms with Gasteiger partial charge in [-0.05, 0) is 49.8 Å². The average Bonchev–Trinajstić information content (AvgIpc) is 3.31. The lowest BCUT2D eigenvalue weighted by Crippen LogP contribution is -2.44. The molecule has 186 valence electrons. The Morgan fingerprint density at radius 3 is 2.40 bits per heavy atom. The average molecular weight is 480 g/mol. The zero-order valence-electron chi connectivity index (χ0n) is 20.7. The van der Waals surface area contributed by atoms with Crippen molar-refractivity contribution in [2.75, 3.05) is 47.0 Å². The first kappa shape index (κ1) is 24.6. The second kappa shape index (κ2) is 10.8. The molecule has 1 spiro atoms. The minimum atomic E-state index is -0.0803. The molecule has 2 aliphatic heterocycles. The Morgan fingerprint density at radius 2 is 1.71 bits per heavy atom. The highest BCUT2D eigenvalue weighted by atomic mass is 16.5. The fraction of sp³-hybridized carbons (Fsp3) is 0.444. The van der Waals surface area contributed by atoms with Crippen molar-refractivity contribution < 1.29 is 23.8 Å². The molecule has 0 aliphatic carbocycles. The van der Waals surface area contributed by atoms with Crippen molar-refractivity contribution in [3.63, 3.8) is 0 Å². The predicted molar refractivity (Wildman–Crippen MR) is 133 cm³/mol. The molecule has 1 aromatic heterocycles. The standard InChI is InChI=1S/C27H33N3O5/c1-4-35-22-8-6-5-7-20(22)9-12-24(31)29-16-13-27(14-17-29)15-18-30(19-27)26(32)21-10-11-23(33-2)28-25(21)34-3/h5-12H,4,13-19H2,1-3H3/b12-9+. The van der Waals surface area contributed by atoms with Crippen molar-refractivity contribution in [1.82, 2.24) is 14.8 Å². The number of amides is 2. The highest BCUT2D eigenvalue weighted by molar-refractivity contribution is 5.96. The summed E-state index contributed by atoms with van der Waals surface area (Å²) in [6.45, 7) is 5.26. The maximum atomic E-state index is 13.2. The summed E-state index contributed by atoms with van der Waals surface area (Å²) in [5, 5.41) is 0.